The third-order valence-electron chi connectivity index (χ3n) is 11.3. The Morgan fingerprint density at radius 2 is 1.63 bits per heavy atom. The molecule has 0 bridgehead atoms. The minimum absolute atomic E-state index is 0.201. The van der Waals surface area contributed by atoms with Crippen molar-refractivity contribution >= 4 is 0 Å². The highest BCUT2D eigenvalue weighted by atomic mass is 16.3. The molecule has 2 nitrogen and oxygen atoms in total. The highest BCUT2D eigenvalue weighted by Crippen LogP contribution is 2.71. The summed E-state index contributed by atoms with van der Waals surface area (Å²) < 4.78 is 0. The zero-order valence-electron chi connectivity index (χ0n) is 20.6. The molecule has 172 valence electrons. The Bertz CT molecular complexity index is 668. The maximum atomic E-state index is 11.4. The standard InChI is InChI=1S/C28H48O2/c1-18(2)8-7-9-19(3)27(5)14-12-23-25-22(11-15-28(23,27)6)26(4)13-10-21(29)16-20(26)17-24(25)30/h17-19,21-25,29-30H,7-16H2,1-6H3/t19?,21-,22?,23?,24?,25+,26-,27?,28-/m0/s1. The van der Waals surface area contributed by atoms with Gasteiger partial charge < -0.3 is 10.2 Å². The van der Waals surface area contributed by atoms with Gasteiger partial charge in [0, 0.05) is 0 Å². The third-order valence-corrected chi connectivity index (χ3v) is 11.3. The number of hydrogen-bond acceptors (Lipinski definition) is 2. The topological polar surface area (TPSA) is 40.5 Å². The van der Waals surface area contributed by atoms with E-state index in [0.717, 1.165) is 31.1 Å². The fraction of sp³-hybridized carbons (Fsp3) is 0.929. The van der Waals surface area contributed by atoms with E-state index in [1.807, 2.05) is 0 Å². The molecule has 0 aromatic heterocycles. The second-order valence-electron chi connectivity index (χ2n) is 12.9. The minimum atomic E-state index is -0.313. The number of rotatable bonds is 5. The summed E-state index contributed by atoms with van der Waals surface area (Å²) in [7, 11) is 0. The number of aliphatic hydroxyl groups is 2. The van der Waals surface area contributed by atoms with E-state index in [0.29, 0.717) is 28.6 Å². The summed E-state index contributed by atoms with van der Waals surface area (Å²) in [6, 6.07) is 0. The first-order chi connectivity index (χ1) is 14.0. The summed E-state index contributed by atoms with van der Waals surface area (Å²) in [5, 5.41) is 21.6. The molecule has 5 unspecified atom stereocenters. The Kier molecular flexibility index (Phi) is 6.02. The Balaban J connectivity index is 1.58. The molecule has 4 rings (SSSR count). The van der Waals surface area contributed by atoms with Gasteiger partial charge in [-0.25, -0.2) is 0 Å². The van der Waals surface area contributed by atoms with Crippen LogP contribution in [0.15, 0.2) is 11.6 Å². The van der Waals surface area contributed by atoms with Crippen LogP contribution >= 0.6 is 0 Å². The molecule has 0 aromatic carbocycles. The van der Waals surface area contributed by atoms with Crippen molar-refractivity contribution in [2.24, 2.45) is 45.8 Å². The van der Waals surface area contributed by atoms with E-state index < -0.39 is 0 Å². The molecule has 4 aliphatic rings. The van der Waals surface area contributed by atoms with Gasteiger partial charge in [-0.1, -0.05) is 72.5 Å². The van der Waals surface area contributed by atoms with Crippen LogP contribution in [0.2, 0.25) is 0 Å². The van der Waals surface area contributed by atoms with Crippen LogP contribution in [0.25, 0.3) is 0 Å². The SMILES string of the molecule is CC(C)CCCC(C)C1(C)CCC2[C@@H]3C(O)C=C4C[C@@H](O)CC[C@]4(C)C3CC[C@@]21C. The minimum Gasteiger partial charge on any atom is -0.393 e. The molecule has 0 saturated heterocycles. The largest absolute Gasteiger partial charge is 0.393 e. The molecule has 0 aromatic rings. The molecule has 0 radical (unpaired) electrons. The summed E-state index contributed by atoms with van der Waals surface area (Å²) in [6.07, 6.45) is 13.7. The Morgan fingerprint density at radius 3 is 2.33 bits per heavy atom. The molecule has 3 saturated carbocycles. The first-order valence-corrected chi connectivity index (χ1v) is 13.1. The van der Waals surface area contributed by atoms with Crippen LogP contribution in [0.3, 0.4) is 0 Å². The van der Waals surface area contributed by atoms with Crippen molar-refractivity contribution < 1.29 is 10.2 Å². The summed E-state index contributed by atoms with van der Waals surface area (Å²) in [5.74, 6) is 3.22. The van der Waals surface area contributed by atoms with Gasteiger partial charge in [0.2, 0.25) is 0 Å². The molecule has 30 heavy (non-hydrogen) atoms. The Morgan fingerprint density at radius 1 is 0.933 bits per heavy atom. The van der Waals surface area contributed by atoms with Crippen molar-refractivity contribution in [3.8, 4) is 0 Å². The van der Waals surface area contributed by atoms with Gasteiger partial charge in [-0.05, 0) is 90.8 Å². The fourth-order valence-corrected chi connectivity index (χ4v) is 8.89. The van der Waals surface area contributed by atoms with Gasteiger partial charge in [0.25, 0.3) is 0 Å². The second-order valence-corrected chi connectivity index (χ2v) is 12.9. The van der Waals surface area contributed by atoms with E-state index in [4.69, 9.17) is 0 Å². The van der Waals surface area contributed by atoms with Gasteiger partial charge in [0.05, 0.1) is 12.2 Å². The van der Waals surface area contributed by atoms with Crippen LogP contribution in [-0.4, -0.2) is 22.4 Å². The van der Waals surface area contributed by atoms with Crippen molar-refractivity contribution in [1.29, 1.82) is 0 Å². The van der Waals surface area contributed by atoms with Crippen molar-refractivity contribution in [2.45, 2.75) is 118 Å². The van der Waals surface area contributed by atoms with Crippen LogP contribution in [0.4, 0.5) is 0 Å². The van der Waals surface area contributed by atoms with E-state index in [1.54, 1.807) is 0 Å². The number of hydrogen-bond donors (Lipinski definition) is 2. The average Bonchev–Trinajstić information content (AvgIpc) is 2.95. The Labute approximate surface area is 185 Å². The molecule has 3 fully saturated rings. The summed E-state index contributed by atoms with van der Waals surface area (Å²) in [6.45, 7) is 14.9. The van der Waals surface area contributed by atoms with Crippen LogP contribution in [-0.2, 0) is 0 Å². The highest BCUT2D eigenvalue weighted by Gasteiger charge is 2.64. The van der Waals surface area contributed by atoms with E-state index >= 15 is 0 Å². The molecule has 2 N–H and O–H groups in total. The molecule has 4 aliphatic carbocycles. The lowest BCUT2D eigenvalue weighted by Gasteiger charge is -2.61. The molecule has 0 heterocycles. The quantitative estimate of drug-likeness (QED) is 0.487. The molecular weight excluding hydrogens is 368 g/mol. The Hall–Kier alpha value is -0.340. The van der Waals surface area contributed by atoms with Crippen LogP contribution in [0, 0.1) is 45.8 Å². The van der Waals surface area contributed by atoms with Gasteiger partial charge in [0.1, 0.15) is 0 Å². The molecule has 0 spiro atoms. The van der Waals surface area contributed by atoms with Crippen molar-refractivity contribution in [2.75, 3.05) is 0 Å². The zero-order valence-corrected chi connectivity index (χ0v) is 20.6. The van der Waals surface area contributed by atoms with Gasteiger partial charge in [-0.2, -0.15) is 0 Å². The lowest BCUT2D eigenvalue weighted by atomic mass is 9.44. The summed E-state index contributed by atoms with van der Waals surface area (Å²) >= 11 is 0. The fourth-order valence-electron chi connectivity index (χ4n) is 8.89. The van der Waals surface area contributed by atoms with Crippen LogP contribution in [0.5, 0.6) is 0 Å². The van der Waals surface area contributed by atoms with Crippen LogP contribution in [0.1, 0.15) is 106 Å². The van der Waals surface area contributed by atoms with E-state index in [9.17, 15) is 10.2 Å². The molecule has 9 atom stereocenters. The van der Waals surface area contributed by atoms with E-state index in [1.165, 1.54) is 50.5 Å². The van der Waals surface area contributed by atoms with Gasteiger partial charge >= 0.3 is 0 Å². The van der Waals surface area contributed by atoms with E-state index in [2.05, 4.69) is 47.6 Å². The summed E-state index contributed by atoms with van der Waals surface area (Å²) in [5.41, 5.74) is 2.31. The maximum Gasteiger partial charge on any atom is 0.0757 e. The third kappa shape index (κ3) is 3.35. The monoisotopic (exact) mass is 416 g/mol. The molecule has 0 amide bonds. The molecule has 2 heteroatoms. The number of fused-ring (bicyclic) bond motifs is 5. The summed E-state index contributed by atoms with van der Waals surface area (Å²) in [4.78, 5) is 0. The van der Waals surface area contributed by atoms with Gasteiger partial charge in [-0.15, -0.1) is 0 Å². The first kappa shape index (κ1) is 22.8. The van der Waals surface area contributed by atoms with Crippen molar-refractivity contribution in [3.63, 3.8) is 0 Å². The lowest BCUT2D eigenvalue weighted by Crippen LogP contribution is -2.56. The predicted octanol–water partition coefficient (Wildman–Crippen LogP) is 6.75. The average molecular weight is 417 g/mol. The maximum absolute atomic E-state index is 11.4. The zero-order chi connectivity index (χ0) is 21.9. The highest BCUT2D eigenvalue weighted by molar-refractivity contribution is 5.28. The van der Waals surface area contributed by atoms with E-state index in [-0.39, 0.29) is 17.6 Å². The smallest absolute Gasteiger partial charge is 0.0757 e. The second kappa shape index (κ2) is 7.91. The number of aliphatic hydroxyl groups excluding tert-OH is 2. The van der Waals surface area contributed by atoms with Crippen LogP contribution < -0.4 is 0 Å². The normalized spacial score (nSPS) is 49.2. The lowest BCUT2D eigenvalue weighted by molar-refractivity contribution is -0.119. The van der Waals surface area contributed by atoms with Gasteiger partial charge in [-0.3, -0.25) is 0 Å². The first-order valence-electron chi connectivity index (χ1n) is 13.1. The molecular formula is C28H48O2. The van der Waals surface area contributed by atoms with Crippen molar-refractivity contribution in [3.05, 3.63) is 11.6 Å². The predicted molar refractivity (Wildman–Crippen MR) is 125 cm³/mol. The van der Waals surface area contributed by atoms with Gasteiger partial charge in [0.15, 0.2) is 0 Å². The van der Waals surface area contributed by atoms with Crippen molar-refractivity contribution in [1.82, 2.24) is 0 Å². The molecule has 0 aliphatic heterocycles.